The number of aryl methyl sites for hydroxylation is 1. The Bertz CT molecular complexity index is 699. The molecule has 0 spiro atoms. The fourth-order valence-corrected chi connectivity index (χ4v) is 1.90. The van der Waals surface area contributed by atoms with Gasteiger partial charge in [0.2, 0.25) is 0 Å². The molecular formula is C15H14F3N3O. The van der Waals surface area contributed by atoms with Gasteiger partial charge in [-0.3, -0.25) is 10.6 Å². The van der Waals surface area contributed by atoms with Gasteiger partial charge in [0.15, 0.2) is 0 Å². The Morgan fingerprint density at radius 1 is 1.14 bits per heavy atom. The number of amides is 1. The van der Waals surface area contributed by atoms with Crippen molar-refractivity contribution < 1.29 is 18.0 Å². The Morgan fingerprint density at radius 3 is 2.50 bits per heavy atom. The summed E-state index contributed by atoms with van der Waals surface area (Å²) in [6.07, 6.45) is -4.49. The molecule has 2 rings (SSSR count). The van der Waals surface area contributed by atoms with Gasteiger partial charge in [0.05, 0.1) is 11.3 Å². The molecule has 0 aliphatic carbocycles. The van der Waals surface area contributed by atoms with Gasteiger partial charge in [-0.25, -0.2) is 0 Å². The minimum atomic E-state index is -4.49. The van der Waals surface area contributed by atoms with Crippen LogP contribution in [0.15, 0.2) is 42.5 Å². The standard InChI is InChI=1S/C15H14F3N3O/c1-9-5-6-12(8-13(9)21-19)20-14(22)10-3-2-4-11(7-10)15(16,17)18/h2-8,21H,19H2,1H3,(H,20,22). The van der Waals surface area contributed by atoms with Crippen LogP contribution >= 0.6 is 0 Å². The van der Waals surface area contributed by atoms with Gasteiger partial charge in [-0.2, -0.15) is 13.2 Å². The Hall–Kier alpha value is -2.54. The summed E-state index contributed by atoms with van der Waals surface area (Å²) in [7, 11) is 0. The maximum atomic E-state index is 12.6. The van der Waals surface area contributed by atoms with Crippen molar-refractivity contribution in [2.75, 3.05) is 10.7 Å². The van der Waals surface area contributed by atoms with Crippen LogP contribution in [0.2, 0.25) is 0 Å². The highest BCUT2D eigenvalue weighted by Crippen LogP contribution is 2.29. The quantitative estimate of drug-likeness (QED) is 0.600. The van der Waals surface area contributed by atoms with Crippen LogP contribution in [0.1, 0.15) is 21.5 Å². The average Bonchev–Trinajstić information content (AvgIpc) is 2.48. The van der Waals surface area contributed by atoms with Gasteiger partial charge in [0.1, 0.15) is 0 Å². The Morgan fingerprint density at radius 2 is 1.86 bits per heavy atom. The van der Waals surface area contributed by atoms with Crippen molar-refractivity contribution in [2.24, 2.45) is 5.84 Å². The first-order valence-electron chi connectivity index (χ1n) is 6.37. The van der Waals surface area contributed by atoms with Crippen LogP contribution in [0.3, 0.4) is 0 Å². The van der Waals surface area contributed by atoms with E-state index >= 15 is 0 Å². The molecule has 0 heterocycles. The highest BCUT2D eigenvalue weighted by Gasteiger charge is 2.30. The van der Waals surface area contributed by atoms with Crippen LogP contribution in [-0.4, -0.2) is 5.91 Å². The van der Waals surface area contributed by atoms with Gasteiger partial charge in [-0.1, -0.05) is 12.1 Å². The molecule has 0 atom stereocenters. The number of nitrogens with one attached hydrogen (secondary N) is 2. The lowest BCUT2D eigenvalue weighted by molar-refractivity contribution is -0.137. The van der Waals surface area contributed by atoms with E-state index in [4.69, 9.17) is 5.84 Å². The number of halogens is 3. The molecule has 2 aromatic carbocycles. The number of carbonyl (C=O) groups excluding carboxylic acids is 1. The van der Waals surface area contributed by atoms with Gasteiger partial charge < -0.3 is 10.7 Å². The van der Waals surface area contributed by atoms with Crippen molar-refractivity contribution >= 4 is 17.3 Å². The number of nitrogen functional groups attached to an aromatic ring is 1. The van der Waals surface area contributed by atoms with Gasteiger partial charge in [-0.05, 0) is 42.8 Å². The number of nitrogens with two attached hydrogens (primary N) is 1. The van der Waals surface area contributed by atoms with Crippen molar-refractivity contribution in [1.29, 1.82) is 0 Å². The predicted octanol–water partition coefficient (Wildman–Crippen LogP) is 3.55. The molecule has 2 aromatic rings. The highest BCUT2D eigenvalue weighted by molar-refractivity contribution is 6.04. The number of anilines is 2. The Balaban J connectivity index is 2.23. The van der Waals surface area contributed by atoms with Gasteiger partial charge in [0.25, 0.3) is 5.91 Å². The third-order valence-electron chi connectivity index (χ3n) is 3.10. The molecule has 0 fully saturated rings. The first kappa shape index (κ1) is 15.8. The summed E-state index contributed by atoms with van der Waals surface area (Å²) in [6.45, 7) is 1.83. The van der Waals surface area contributed by atoms with E-state index in [1.807, 2.05) is 6.92 Å². The van der Waals surface area contributed by atoms with E-state index in [1.165, 1.54) is 12.1 Å². The fraction of sp³-hybridized carbons (Fsp3) is 0.133. The third-order valence-corrected chi connectivity index (χ3v) is 3.10. The molecule has 116 valence electrons. The van der Waals surface area contributed by atoms with Gasteiger partial charge in [0, 0.05) is 11.3 Å². The second-order valence-corrected chi connectivity index (χ2v) is 4.71. The number of hydrogen-bond donors (Lipinski definition) is 3. The Labute approximate surface area is 125 Å². The molecule has 7 heteroatoms. The van der Waals surface area contributed by atoms with Gasteiger partial charge in [-0.15, -0.1) is 0 Å². The molecular weight excluding hydrogens is 295 g/mol. The number of hydrogen-bond acceptors (Lipinski definition) is 3. The maximum Gasteiger partial charge on any atom is 0.416 e. The maximum absolute atomic E-state index is 12.6. The van der Waals surface area contributed by atoms with E-state index in [1.54, 1.807) is 18.2 Å². The van der Waals surface area contributed by atoms with Crippen molar-refractivity contribution in [2.45, 2.75) is 13.1 Å². The van der Waals surface area contributed by atoms with Crippen molar-refractivity contribution in [3.8, 4) is 0 Å². The molecule has 0 bridgehead atoms. The SMILES string of the molecule is Cc1ccc(NC(=O)c2cccc(C(F)(F)F)c2)cc1NN. The van der Waals surface area contributed by atoms with Crippen LogP contribution < -0.4 is 16.6 Å². The minimum Gasteiger partial charge on any atom is -0.324 e. The zero-order valence-electron chi connectivity index (χ0n) is 11.7. The van der Waals surface area contributed by atoms with Crippen molar-refractivity contribution in [3.63, 3.8) is 0 Å². The summed E-state index contributed by atoms with van der Waals surface area (Å²) in [5.74, 6) is 4.71. The largest absolute Gasteiger partial charge is 0.416 e. The summed E-state index contributed by atoms with van der Waals surface area (Å²) in [5, 5.41) is 2.54. The van der Waals surface area contributed by atoms with Crippen molar-refractivity contribution in [3.05, 3.63) is 59.2 Å². The third kappa shape index (κ3) is 3.56. The second kappa shape index (κ2) is 6.07. The van der Waals surface area contributed by atoms with E-state index in [9.17, 15) is 18.0 Å². The normalized spacial score (nSPS) is 11.1. The summed E-state index contributed by atoms with van der Waals surface area (Å²) >= 11 is 0. The highest BCUT2D eigenvalue weighted by atomic mass is 19.4. The molecule has 0 saturated carbocycles. The number of carbonyl (C=O) groups is 1. The first-order valence-corrected chi connectivity index (χ1v) is 6.37. The van der Waals surface area contributed by atoms with E-state index < -0.39 is 17.6 Å². The minimum absolute atomic E-state index is 0.0716. The van der Waals surface area contributed by atoms with Crippen LogP contribution in [0, 0.1) is 6.92 Å². The molecule has 0 aliphatic heterocycles. The smallest absolute Gasteiger partial charge is 0.324 e. The number of benzene rings is 2. The van der Waals surface area contributed by atoms with E-state index in [2.05, 4.69) is 10.7 Å². The lowest BCUT2D eigenvalue weighted by Gasteiger charge is -2.11. The van der Waals surface area contributed by atoms with Crippen LogP contribution in [0.4, 0.5) is 24.5 Å². The molecule has 0 aliphatic rings. The van der Waals surface area contributed by atoms with E-state index in [0.29, 0.717) is 11.4 Å². The zero-order valence-corrected chi connectivity index (χ0v) is 11.7. The summed E-state index contributed by atoms with van der Waals surface area (Å²) in [4.78, 5) is 12.0. The molecule has 0 saturated heterocycles. The summed E-state index contributed by atoms with van der Waals surface area (Å²) in [6, 6.07) is 9.21. The summed E-state index contributed by atoms with van der Waals surface area (Å²) in [5.41, 5.74) is 3.46. The monoisotopic (exact) mass is 309 g/mol. The van der Waals surface area contributed by atoms with Crippen LogP contribution in [-0.2, 0) is 6.18 Å². The number of hydrazine groups is 1. The Kier molecular flexibility index (Phi) is 4.37. The van der Waals surface area contributed by atoms with Crippen LogP contribution in [0.5, 0.6) is 0 Å². The van der Waals surface area contributed by atoms with Gasteiger partial charge >= 0.3 is 6.18 Å². The lowest BCUT2D eigenvalue weighted by Crippen LogP contribution is -2.14. The van der Waals surface area contributed by atoms with E-state index in [0.717, 1.165) is 17.7 Å². The molecule has 0 radical (unpaired) electrons. The number of alkyl halides is 3. The molecule has 22 heavy (non-hydrogen) atoms. The summed E-state index contributed by atoms with van der Waals surface area (Å²) < 4.78 is 37.9. The number of rotatable bonds is 3. The zero-order chi connectivity index (χ0) is 16.3. The second-order valence-electron chi connectivity index (χ2n) is 4.71. The predicted molar refractivity (Wildman–Crippen MR) is 78.4 cm³/mol. The fourth-order valence-electron chi connectivity index (χ4n) is 1.90. The molecule has 1 amide bonds. The average molecular weight is 309 g/mol. The molecule has 0 unspecified atom stereocenters. The van der Waals surface area contributed by atoms with E-state index in [-0.39, 0.29) is 5.56 Å². The van der Waals surface area contributed by atoms with Crippen LogP contribution in [0.25, 0.3) is 0 Å². The van der Waals surface area contributed by atoms with Crippen molar-refractivity contribution in [1.82, 2.24) is 0 Å². The molecule has 4 N–H and O–H groups in total. The topological polar surface area (TPSA) is 67.2 Å². The lowest BCUT2D eigenvalue weighted by atomic mass is 10.1. The first-order chi connectivity index (χ1) is 10.3. The molecule has 0 aromatic heterocycles. The molecule has 4 nitrogen and oxygen atoms in total.